The van der Waals surface area contributed by atoms with Crippen molar-refractivity contribution >= 4 is 6.29 Å². The Balaban J connectivity index is 2.04. The first-order valence-electron chi connectivity index (χ1n) is 9.48. The van der Waals surface area contributed by atoms with Crippen LogP contribution in [0.15, 0.2) is 23.8 Å². The number of carbonyl (C=O) groups excluding carboxylic acids is 1. The SMILES string of the molecule is C=C1CC[C@@]2(C)C(C)(C)CCC[C@]2(C)[C@H]1[C@@H]1C=C(C=O)C[C@H](O)OO1. The maximum atomic E-state index is 11.4. The Morgan fingerprint density at radius 1 is 1.20 bits per heavy atom. The molecule has 25 heavy (non-hydrogen) atoms. The van der Waals surface area contributed by atoms with Gasteiger partial charge in [-0.2, -0.15) is 0 Å². The van der Waals surface area contributed by atoms with Gasteiger partial charge < -0.3 is 5.11 Å². The van der Waals surface area contributed by atoms with E-state index in [1.54, 1.807) is 0 Å². The quantitative estimate of drug-likeness (QED) is 0.458. The van der Waals surface area contributed by atoms with E-state index in [0.29, 0.717) is 5.57 Å². The van der Waals surface area contributed by atoms with Crippen molar-refractivity contribution < 1.29 is 19.7 Å². The second kappa shape index (κ2) is 6.33. The highest BCUT2D eigenvalue weighted by atomic mass is 17.2. The van der Waals surface area contributed by atoms with E-state index in [1.807, 2.05) is 6.08 Å². The molecule has 2 saturated carbocycles. The van der Waals surface area contributed by atoms with Crippen LogP contribution in [-0.2, 0) is 14.6 Å². The first kappa shape index (κ1) is 18.8. The first-order chi connectivity index (χ1) is 11.6. The Hall–Kier alpha value is -0.970. The largest absolute Gasteiger partial charge is 0.365 e. The zero-order valence-electron chi connectivity index (χ0n) is 16.0. The molecule has 0 radical (unpaired) electrons. The smallest absolute Gasteiger partial charge is 0.192 e. The molecule has 1 heterocycles. The Labute approximate surface area is 151 Å². The van der Waals surface area contributed by atoms with Crippen molar-refractivity contribution in [2.75, 3.05) is 0 Å². The predicted molar refractivity (Wildman–Crippen MR) is 96.4 cm³/mol. The second-order valence-corrected chi connectivity index (χ2v) is 9.30. The van der Waals surface area contributed by atoms with Crippen LogP contribution < -0.4 is 0 Å². The molecule has 140 valence electrons. The molecule has 3 rings (SSSR count). The van der Waals surface area contributed by atoms with E-state index >= 15 is 0 Å². The van der Waals surface area contributed by atoms with E-state index in [4.69, 9.17) is 9.78 Å². The lowest BCUT2D eigenvalue weighted by molar-refractivity contribution is -0.390. The van der Waals surface area contributed by atoms with Gasteiger partial charge in [-0.05, 0) is 53.6 Å². The highest BCUT2D eigenvalue weighted by molar-refractivity contribution is 5.73. The summed E-state index contributed by atoms with van der Waals surface area (Å²) in [5, 5.41) is 9.83. The highest BCUT2D eigenvalue weighted by Gasteiger charge is 2.62. The Kier molecular flexibility index (Phi) is 4.76. The van der Waals surface area contributed by atoms with Crippen LogP contribution in [0.25, 0.3) is 0 Å². The standard InChI is InChI=1S/C21H32O4/c1-14-7-10-21(5)19(2,3)8-6-9-20(21,4)18(14)16-11-15(13-22)12-17(23)25-24-16/h11,13,16-18,23H,1,6-10,12H2,2-5H3/t16-,17+,18+,20+,21-/m0/s1. The van der Waals surface area contributed by atoms with Gasteiger partial charge in [0.2, 0.25) is 0 Å². The molecule has 0 saturated heterocycles. The molecule has 3 aliphatic rings. The van der Waals surface area contributed by atoms with Gasteiger partial charge in [0.25, 0.3) is 0 Å². The second-order valence-electron chi connectivity index (χ2n) is 9.30. The van der Waals surface area contributed by atoms with Crippen molar-refractivity contribution in [1.29, 1.82) is 0 Å². The van der Waals surface area contributed by atoms with Crippen LogP contribution in [0.1, 0.15) is 66.2 Å². The molecular weight excluding hydrogens is 316 g/mol. The van der Waals surface area contributed by atoms with Gasteiger partial charge in [0, 0.05) is 12.3 Å². The third-order valence-corrected chi connectivity index (χ3v) is 7.87. The maximum Gasteiger partial charge on any atom is 0.192 e. The lowest BCUT2D eigenvalue weighted by Gasteiger charge is -2.65. The average molecular weight is 348 g/mol. The zero-order chi connectivity index (χ0) is 18.5. The summed E-state index contributed by atoms with van der Waals surface area (Å²) in [6.07, 6.45) is 6.95. The van der Waals surface area contributed by atoms with Crippen molar-refractivity contribution in [3.05, 3.63) is 23.8 Å². The lowest BCUT2D eigenvalue weighted by atomic mass is 9.39. The third kappa shape index (κ3) is 2.83. The van der Waals surface area contributed by atoms with Crippen molar-refractivity contribution in [3.8, 4) is 0 Å². The van der Waals surface area contributed by atoms with E-state index in [1.165, 1.54) is 18.4 Å². The summed E-state index contributed by atoms with van der Waals surface area (Å²) in [5.41, 5.74) is 2.12. The molecule has 4 heteroatoms. The summed E-state index contributed by atoms with van der Waals surface area (Å²) in [6.45, 7) is 13.9. The van der Waals surface area contributed by atoms with Crippen LogP contribution in [0.2, 0.25) is 0 Å². The van der Waals surface area contributed by atoms with Gasteiger partial charge in [0.1, 0.15) is 12.4 Å². The monoisotopic (exact) mass is 348 g/mol. The first-order valence-corrected chi connectivity index (χ1v) is 9.48. The summed E-state index contributed by atoms with van der Waals surface area (Å²) in [4.78, 5) is 22.2. The topological polar surface area (TPSA) is 55.8 Å². The molecule has 0 bridgehead atoms. The van der Waals surface area contributed by atoms with Gasteiger partial charge >= 0.3 is 0 Å². The summed E-state index contributed by atoms with van der Waals surface area (Å²) < 4.78 is 0. The molecule has 0 aromatic rings. The Morgan fingerprint density at radius 2 is 1.92 bits per heavy atom. The van der Waals surface area contributed by atoms with Gasteiger partial charge in [-0.25, -0.2) is 9.78 Å². The minimum absolute atomic E-state index is 0.0118. The Bertz CT molecular complexity index is 593. The fraction of sp³-hybridized carbons (Fsp3) is 0.762. The van der Waals surface area contributed by atoms with Crippen molar-refractivity contribution in [1.82, 2.24) is 0 Å². The van der Waals surface area contributed by atoms with E-state index in [2.05, 4.69) is 34.3 Å². The fourth-order valence-electron chi connectivity index (χ4n) is 5.87. The van der Waals surface area contributed by atoms with Crippen molar-refractivity contribution in [3.63, 3.8) is 0 Å². The van der Waals surface area contributed by atoms with Crippen LogP contribution in [0.5, 0.6) is 0 Å². The molecule has 2 aliphatic carbocycles. The number of aldehydes is 1. The molecule has 1 N–H and O–H groups in total. The molecule has 1 aliphatic heterocycles. The van der Waals surface area contributed by atoms with Crippen molar-refractivity contribution in [2.45, 2.75) is 78.6 Å². The minimum Gasteiger partial charge on any atom is -0.365 e. The van der Waals surface area contributed by atoms with E-state index < -0.39 is 6.29 Å². The van der Waals surface area contributed by atoms with E-state index in [0.717, 1.165) is 25.5 Å². The lowest BCUT2D eigenvalue weighted by Crippen LogP contribution is -2.59. The average Bonchev–Trinajstić information content (AvgIpc) is 2.72. The molecule has 5 atom stereocenters. The molecule has 0 unspecified atom stereocenters. The van der Waals surface area contributed by atoms with Crippen LogP contribution in [0.4, 0.5) is 0 Å². The number of hydrogen-bond acceptors (Lipinski definition) is 4. The van der Waals surface area contributed by atoms with Crippen LogP contribution >= 0.6 is 0 Å². The maximum absolute atomic E-state index is 11.4. The van der Waals surface area contributed by atoms with Crippen LogP contribution in [0.3, 0.4) is 0 Å². The summed E-state index contributed by atoms with van der Waals surface area (Å²) in [6, 6.07) is 0. The summed E-state index contributed by atoms with van der Waals surface area (Å²) in [7, 11) is 0. The van der Waals surface area contributed by atoms with Gasteiger partial charge in [-0.15, -0.1) is 0 Å². The van der Waals surface area contributed by atoms with Crippen LogP contribution in [0, 0.1) is 22.2 Å². The minimum atomic E-state index is -1.10. The van der Waals surface area contributed by atoms with Gasteiger partial charge in [-0.1, -0.05) is 46.3 Å². The van der Waals surface area contributed by atoms with Gasteiger partial charge in [-0.3, -0.25) is 4.79 Å². The molecule has 0 aromatic carbocycles. The number of carbonyl (C=O) groups is 1. The van der Waals surface area contributed by atoms with Crippen molar-refractivity contribution in [2.24, 2.45) is 22.2 Å². The number of fused-ring (bicyclic) bond motifs is 1. The number of aliphatic hydroxyl groups excluding tert-OH is 1. The number of rotatable bonds is 2. The molecule has 0 spiro atoms. The highest BCUT2D eigenvalue weighted by Crippen LogP contribution is 2.69. The third-order valence-electron chi connectivity index (χ3n) is 7.87. The Morgan fingerprint density at radius 3 is 2.60 bits per heavy atom. The van der Waals surface area contributed by atoms with Gasteiger partial charge in [0.15, 0.2) is 6.29 Å². The number of hydrogen-bond donors (Lipinski definition) is 1. The molecule has 2 fully saturated rings. The molecule has 0 amide bonds. The number of aliphatic hydroxyl groups is 1. The van der Waals surface area contributed by atoms with Crippen LogP contribution in [-0.4, -0.2) is 23.8 Å². The van der Waals surface area contributed by atoms with Gasteiger partial charge in [0.05, 0.1) is 0 Å². The van der Waals surface area contributed by atoms with E-state index in [9.17, 15) is 9.90 Å². The zero-order valence-corrected chi connectivity index (χ0v) is 16.0. The molecule has 0 aromatic heterocycles. The summed E-state index contributed by atoms with van der Waals surface area (Å²) in [5.74, 6) is 0.0751. The molecular formula is C21H32O4. The summed E-state index contributed by atoms with van der Waals surface area (Å²) >= 11 is 0. The normalized spacial score (nSPS) is 44.4. The molecule has 4 nitrogen and oxygen atoms in total. The fourth-order valence-corrected chi connectivity index (χ4v) is 5.87. The predicted octanol–water partition coefficient (Wildman–Crippen LogP) is 4.34. The van der Waals surface area contributed by atoms with E-state index in [-0.39, 0.29) is 34.7 Å².